The predicted molar refractivity (Wildman–Crippen MR) is 99.5 cm³/mol. The molecule has 24 heavy (non-hydrogen) atoms. The van der Waals surface area contributed by atoms with E-state index in [0.717, 1.165) is 45.0 Å². The molecule has 0 unspecified atom stereocenters. The molecule has 2 aromatic heterocycles. The van der Waals surface area contributed by atoms with Gasteiger partial charge >= 0.3 is 0 Å². The molecule has 0 fully saturated rings. The van der Waals surface area contributed by atoms with Crippen LogP contribution >= 0.6 is 23.4 Å². The maximum absolute atomic E-state index is 6.21. The van der Waals surface area contributed by atoms with E-state index in [1.165, 1.54) is 0 Å². The lowest BCUT2D eigenvalue weighted by molar-refractivity contribution is 0.789. The molecule has 0 aliphatic carbocycles. The molecular formula is C18H15ClN4S. The van der Waals surface area contributed by atoms with Gasteiger partial charge in [0.15, 0.2) is 5.65 Å². The molecule has 0 aliphatic heterocycles. The van der Waals surface area contributed by atoms with Crippen molar-refractivity contribution in [2.24, 2.45) is 0 Å². The fraction of sp³-hybridized carbons (Fsp3) is 0.167. The van der Waals surface area contributed by atoms with Crippen LogP contribution in [0.15, 0.2) is 53.7 Å². The molecular weight excluding hydrogens is 340 g/mol. The summed E-state index contributed by atoms with van der Waals surface area (Å²) in [5, 5.41) is 11.2. The molecule has 0 bridgehead atoms. The van der Waals surface area contributed by atoms with Crippen LogP contribution in [-0.4, -0.2) is 19.7 Å². The van der Waals surface area contributed by atoms with Gasteiger partial charge in [-0.2, -0.15) is 0 Å². The quantitative estimate of drug-likeness (QED) is 0.486. The Bertz CT molecular complexity index is 1030. The molecule has 0 atom stereocenters. The maximum atomic E-state index is 6.21. The molecule has 0 amide bonds. The Hall–Kier alpha value is -2.11. The van der Waals surface area contributed by atoms with Crippen molar-refractivity contribution >= 4 is 45.4 Å². The van der Waals surface area contributed by atoms with Crippen LogP contribution in [0, 0.1) is 0 Å². The molecule has 4 nitrogen and oxygen atoms in total. The van der Waals surface area contributed by atoms with Crippen LogP contribution in [0.25, 0.3) is 22.1 Å². The Labute approximate surface area is 148 Å². The number of aromatic nitrogens is 4. The number of thioether (sulfide) groups is 1. The first kappa shape index (κ1) is 15.4. The third-order valence-electron chi connectivity index (χ3n) is 3.99. The number of hydrogen-bond acceptors (Lipinski definition) is 4. The normalized spacial score (nSPS) is 11.4. The molecule has 0 aliphatic rings. The van der Waals surface area contributed by atoms with Crippen LogP contribution in [-0.2, 0) is 12.3 Å². The van der Waals surface area contributed by atoms with Crippen molar-refractivity contribution in [2.45, 2.75) is 24.4 Å². The lowest BCUT2D eigenvalue weighted by atomic mass is 10.2. The standard InChI is InChI=1S/C18H15ClN4S/c1-2-23-15-10-6-4-8-13(15)16-17(23)20-18(22-21-16)24-11-12-7-3-5-9-14(12)19/h3-10H,2,11H2,1H3. The second kappa shape index (κ2) is 6.42. The lowest BCUT2D eigenvalue weighted by Crippen LogP contribution is -1.98. The molecule has 0 N–H and O–H groups in total. The van der Waals surface area contributed by atoms with Crippen molar-refractivity contribution in [1.82, 2.24) is 19.7 Å². The first-order valence-electron chi connectivity index (χ1n) is 7.76. The first-order chi connectivity index (χ1) is 11.8. The molecule has 0 radical (unpaired) electrons. The highest BCUT2D eigenvalue weighted by molar-refractivity contribution is 7.98. The van der Waals surface area contributed by atoms with Crippen molar-refractivity contribution in [3.05, 3.63) is 59.1 Å². The number of benzene rings is 2. The van der Waals surface area contributed by atoms with Gasteiger partial charge in [0.1, 0.15) is 5.52 Å². The van der Waals surface area contributed by atoms with Gasteiger partial charge in [0.2, 0.25) is 5.16 Å². The smallest absolute Gasteiger partial charge is 0.211 e. The van der Waals surface area contributed by atoms with E-state index in [4.69, 9.17) is 16.6 Å². The molecule has 6 heteroatoms. The molecule has 0 saturated heterocycles. The third kappa shape index (κ3) is 2.64. The van der Waals surface area contributed by atoms with Crippen LogP contribution in [0.5, 0.6) is 0 Å². The minimum Gasteiger partial charge on any atom is -0.324 e. The predicted octanol–water partition coefficient (Wildman–Crippen LogP) is 4.95. The number of rotatable bonds is 4. The van der Waals surface area contributed by atoms with Crippen molar-refractivity contribution in [3.8, 4) is 0 Å². The van der Waals surface area contributed by atoms with Gasteiger partial charge in [-0.05, 0) is 24.6 Å². The number of para-hydroxylation sites is 1. The van der Waals surface area contributed by atoms with Crippen molar-refractivity contribution in [3.63, 3.8) is 0 Å². The minimum absolute atomic E-state index is 0.667. The summed E-state index contributed by atoms with van der Waals surface area (Å²) in [6.07, 6.45) is 0. The third-order valence-corrected chi connectivity index (χ3v) is 5.24. The Morgan fingerprint density at radius 2 is 1.83 bits per heavy atom. The van der Waals surface area contributed by atoms with Crippen molar-refractivity contribution < 1.29 is 0 Å². The van der Waals surface area contributed by atoms with Gasteiger partial charge in [-0.15, -0.1) is 10.2 Å². The maximum Gasteiger partial charge on any atom is 0.211 e. The van der Waals surface area contributed by atoms with E-state index in [1.807, 2.05) is 36.4 Å². The van der Waals surface area contributed by atoms with E-state index in [1.54, 1.807) is 11.8 Å². The summed E-state index contributed by atoms with van der Waals surface area (Å²) < 4.78 is 2.18. The van der Waals surface area contributed by atoms with Crippen LogP contribution in [0.1, 0.15) is 12.5 Å². The van der Waals surface area contributed by atoms with Gasteiger partial charge in [-0.3, -0.25) is 0 Å². The Morgan fingerprint density at radius 3 is 2.67 bits per heavy atom. The van der Waals surface area contributed by atoms with Gasteiger partial charge in [-0.25, -0.2) is 4.98 Å². The average molecular weight is 355 g/mol. The Kier molecular flexibility index (Phi) is 4.12. The van der Waals surface area contributed by atoms with Crippen LogP contribution in [0.3, 0.4) is 0 Å². The Balaban J connectivity index is 1.73. The number of nitrogens with zero attached hydrogens (tertiary/aromatic N) is 4. The lowest BCUT2D eigenvalue weighted by Gasteiger charge is -2.04. The van der Waals surface area contributed by atoms with E-state index < -0.39 is 0 Å². The van der Waals surface area contributed by atoms with Gasteiger partial charge in [0.25, 0.3) is 0 Å². The first-order valence-corrected chi connectivity index (χ1v) is 9.12. The number of halogens is 1. The van der Waals surface area contributed by atoms with E-state index in [0.29, 0.717) is 5.16 Å². The van der Waals surface area contributed by atoms with E-state index in [9.17, 15) is 0 Å². The fourth-order valence-electron chi connectivity index (χ4n) is 2.83. The summed E-state index contributed by atoms with van der Waals surface area (Å²) in [7, 11) is 0. The number of hydrogen-bond donors (Lipinski definition) is 0. The van der Waals surface area contributed by atoms with Crippen molar-refractivity contribution in [1.29, 1.82) is 0 Å². The van der Waals surface area contributed by atoms with Gasteiger partial charge in [0, 0.05) is 22.7 Å². The molecule has 4 aromatic rings. The highest BCUT2D eigenvalue weighted by Crippen LogP contribution is 2.28. The molecule has 2 heterocycles. The van der Waals surface area contributed by atoms with Crippen LogP contribution in [0.2, 0.25) is 5.02 Å². The summed E-state index contributed by atoms with van der Waals surface area (Å²) in [5.74, 6) is 0.721. The zero-order valence-corrected chi connectivity index (χ0v) is 14.7. The molecule has 2 aromatic carbocycles. The summed E-state index contributed by atoms with van der Waals surface area (Å²) in [5.41, 5.74) is 3.96. The SMILES string of the molecule is CCn1c2ccccc2c2nnc(SCc3ccccc3Cl)nc21. The van der Waals surface area contributed by atoms with Crippen molar-refractivity contribution in [2.75, 3.05) is 0 Å². The average Bonchev–Trinajstić information content (AvgIpc) is 2.94. The number of aryl methyl sites for hydroxylation is 1. The second-order valence-electron chi connectivity index (χ2n) is 5.41. The summed E-state index contributed by atoms with van der Waals surface area (Å²) >= 11 is 7.76. The topological polar surface area (TPSA) is 43.6 Å². The number of fused-ring (bicyclic) bond motifs is 3. The van der Waals surface area contributed by atoms with Crippen LogP contribution < -0.4 is 0 Å². The van der Waals surface area contributed by atoms with Crippen LogP contribution in [0.4, 0.5) is 0 Å². The van der Waals surface area contributed by atoms with Gasteiger partial charge in [0.05, 0.1) is 5.52 Å². The molecule has 0 spiro atoms. The largest absolute Gasteiger partial charge is 0.324 e. The van der Waals surface area contributed by atoms with E-state index in [-0.39, 0.29) is 0 Å². The Morgan fingerprint density at radius 1 is 1.04 bits per heavy atom. The highest BCUT2D eigenvalue weighted by atomic mass is 35.5. The monoisotopic (exact) mass is 354 g/mol. The molecule has 4 rings (SSSR count). The van der Waals surface area contributed by atoms with Gasteiger partial charge < -0.3 is 4.57 Å². The molecule has 120 valence electrons. The van der Waals surface area contributed by atoms with E-state index >= 15 is 0 Å². The molecule has 0 saturated carbocycles. The summed E-state index contributed by atoms with van der Waals surface area (Å²) in [6, 6.07) is 16.0. The zero-order chi connectivity index (χ0) is 16.5. The second-order valence-corrected chi connectivity index (χ2v) is 6.76. The summed E-state index contributed by atoms with van der Waals surface area (Å²) in [4.78, 5) is 4.74. The zero-order valence-electron chi connectivity index (χ0n) is 13.1. The highest BCUT2D eigenvalue weighted by Gasteiger charge is 2.13. The van der Waals surface area contributed by atoms with Gasteiger partial charge in [-0.1, -0.05) is 59.8 Å². The fourth-order valence-corrected chi connectivity index (χ4v) is 3.90. The van der Waals surface area contributed by atoms with E-state index in [2.05, 4.69) is 33.8 Å². The summed E-state index contributed by atoms with van der Waals surface area (Å²) in [6.45, 7) is 2.96. The minimum atomic E-state index is 0.667.